The molecule has 0 aliphatic carbocycles. The molecule has 124 valence electrons. The van der Waals surface area contributed by atoms with E-state index in [0.717, 1.165) is 10.8 Å². The fourth-order valence-corrected chi connectivity index (χ4v) is 3.88. The van der Waals surface area contributed by atoms with Crippen LogP contribution >= 0.6 is 23.1 Å². The quantitative estimate of drug-likeness (QED) is 0.790. The lowest BCUT2D eigenvalue weighted by molar-refractivity contribution is -0.129. The summed E-state index contributed by atoms with van der Waals surface area (Å²) in [4.78, 5) is 14.3. The van der Waals surface area contributed by atoms with Gasteiger partial charge in [-0.2, -0.15) is 5.10 Å². The number of rotatable bonds is 5. The van der Waals surface area contributed by atoms with E-state index in [-0.39, 0.29) is 12.0 Å². The molecular weight excluding hydrogens is 336 g/mol. The number of nitrogens with two attached hydrogens (primary N) is 1. The van der Waals surface area contributed by atoms with Gasteiger partial charge in [0.1, 0.15) is 0 Å². The summed E-state index contributed by atoms with van der Waals surface area (Å²) in [5.41, 5.74) is 5.54. The van der Waals surface area contributed by atoms with Gasteiger partial charge in [-0.1, -0.05) is 23.1 Å². The normalized spacial score (nSPS) is 18.8. The maximum absolute atomic E-state index is 12.4. The van der Waals surface area contributed by atoms with Crippen molar-refractivity contribution in [3.63, 3.8) is 0 Å². The number of ether oxygens (including phenoxy) is 1. The molecule has 3 rings (SSSR count). The summed E-state index contributed by atoms with van der Waals surface area (Å²) >= 11 is 2.67. The largest absolute Gasteiger partial charge is 0.374 e. The highest BCUT2D eigenvalue weighted by atomic mass is 32.2. The zero-order chi connectivity index (χ0) is 16.1. The second-order valence-corrected chi connectivity index (χ2v) is 7.34. The van der Waals surface area contributed by atoms with Crippen molar-refractivity contribution in [1.82, 2.24) is 24.9 Å². The van der Waals surface area contributed by atoms with Crippen LogP contribution in [0.3, 0.4) is 0 Å². The van der Waals surface area contributed by atoms with E-state index in [4.69, 9.17) is 10.5 Å². The fourth-order valence-electron chi connectivity index (χ4n) is 2.34. The molecule has 2 aromatic heterocycles. The Morgan fingerprint density at radius 2 is 2.43 bits per heavy atom. The molecule has 1 fully saturated rings. The number of aromatic nitrogens is 4. The van der Waals surface area contributed by atoms with Gasteiger partial charge < -0.3 is 15.4 Å². The minimum absolute atomic E-state index is 0.0384. The second-order valence-electron chi connectivity index (χ2n) is 5.11. The van der Waals surface area contributed by atoms with Gasteiger partial charge in [0.05, 0.1) is 18.4 Å². The number of nitrogen functional groups attached to an aromatic ring is 1. The van der Waals surface area contributed by atoms with Crippen molar-refractivity contribution in [2.75, 3.05) is 31.2 Å². The standard InChI is InChI=1S/C13H18N6O2S2/c14-12-16-17-13(23-12)22-9-11(20)18-4-2-6-21-10(7-18)8-19-5-1-3-15-19/h1,3,5,10H,2,4,6-9H2,(H2,14,16). The van der Waals surface area contributed by atoms with Crippen molar-refractivity contribution in [3.8, 4) is 0 Å². The zero-order valence-corrected chi connectivity index (χ0v) is 14.1. The molecule has 10 heteroatoms. The van der Waals surface area contributed by atoms with E-state index in [1.807, 2.05) is 21.8 Å². The first kappa shape index (κ1) is 16.2. The third kappa shape index (κ3) is 4.66. The predicted molar refractivity (Wildman–Crippen MR) is 88.2 cm³/mol. The smallest absolute Gasteiger partial charge is 0.233 e. The van der Waals surface area contributed by atoms with Gasteiger partial charge in [0.2, 0.25) is 11.0 Å². The van der Waals surface area contributed by atoms with Crippen LogP contribution in [0.4, 0.5) is 5.13 Å². The summed E-state index contributed by atoms with van der Waals surface area (Å²) in [6, 6.07) is 1.88. The third-order valence-corrected chi connectivity index (χ3v) is 5.26. The lowest BCUT2D eigenvalue weighted by Gasteiger charge is -2.23. The molecule has 0 bridgehead atoms. The molecule has 1 aliphatic rings. The highest BCUT2D eigenvalue weighted by molar-refractivity contribution is 8.01. The Hall–Kier alpha value is -1.65. The van der Waals surface area contributed by atoms with Crippen LogP contribution in [0.5, 0.6) is 0 Å². The van der Waals surface area contributed by atoms with E-state index in [9.17, 15) is 4.79 Å². The molecule has 8 nitrogen and oxygen atoms in total. The Morgan fingerprint density at radius 3 is 3.17 bits per heavy atom. The van der Waals surface area contributed by atoms with E-state index >= 15 is 0 Å². The van der Waals surface area contributed by atoms with E-state index in [1.54, 1.807) is 6.20 Å². The minimum atomic E-state index is -0.0384. The fraction of sp³-hybridized carbons (Fsp3) is 0.538. The van der Waals surface area contributed by atoms with Crippen molar-refractivity contribution >= 4 is 34.1 Å². The van der Waals surface area contributed by atoms with Gasteiger partial charge in [-0.15, -0.1) is 10.2 Å². The lowest BCUT2D eigenvalue weighted by atomic mass is 10.3. The Kier molecular flexibility index (Phi) is 5.47. The number of hydrogen-bond donors (Lipinski definition) is 1. The van der Waals surface area contributed by atoms with Crippen LogP contribution in [0, 0.1) is 0 Å². The van der Waals surface area contributed by atoms with E-state index in [1.165, 1.54) is 23.1 Å². The number of nitrogens with zero attached hydrogens (tertiary/aromatic N) is 5. The van der Waals surface area contributed by atoms with Crippen molar-refractivity contribution in [2.45, 2.75) is 23.4 Å². The molecule has 0 spiro atoms. The number of carbonyl (C=O) groups is 1. The predicted octanol–water partition coefficient (Wildman–Crippen LogP) is 0.727. The van der Waals surface area contributed by atoms with Crippen LogP contribution in [-0.4, -0.2) is 62.3 Å². The summed E-state index contributed by atoms with van der Waals surface area (Å²) in [5, 5.41) is 12.3. The molecule has 1 atom stereocenters. The van der Waals surface area contributed by atoms with Gasteiger partial charge in [-0.25, -0.2) is 0 Å². The molecule has 0 radical (unpaired) electrons. The summed E-state index contributed by atoms with van der Waals surface area (Å²) in [5.74, 6) is 0.420. The van der Waals surface area contributed by atoms with Crippen LogP contribution in [0.25, 0.3) is 0 Å². The van der Waals surface area contributed by atoms with Crippen LogP contribution in [0.1, 0.15) is 6.42 Å². The summed E-state index contributed by atoms with van der Waals surface area (Å²) < 4.78 is 8.37. The molecule has 1 unspecified atom stereocenters. The van der Waals surface area contributed by atoms with E-state index < -0.39 is 0 Å². The molecule has 0 aromatic carbocycles. The number of amides is 1. The number of hydrogen-bond acceptors (Lipinski definition) is 8. The number of anilines is 1. The SMILES string of the molecule is Nc1nnc(SCC(=O)N2CCCOC(Cn3cccn3)C2)s1. The molecule has 2 N–H and O–H groups in total. The zero-order valence-electron chi connectivity index (χ0n) is 12.5. The van der Waals surface area contributed by atoms with Crippen molar-refractivity contribution < 1.29 is 9.53 Å². The molecule has 3 heterocycles. The monoisotopic (exact) mass is 354 g/mol. The molecule has 23 heavy (non-hydrogen) atoms. The highest BCUT2D eigenvalue weighted by Gasteiger charge is 2.23. The third-order valence-electron chi connectivity index (χ3n) is 3.39. The summed E-state index contributed by atoms with van der Waals surface area (Å²) in [7, 11) is 0. The Bertz CT molecular complexity index is 632. The average Bonchev–Trinajstić information content (AvgIpc) is 3.13. The van der Waals surface area contributed by atoms with Crippen LogP contribution in [0.2, 0.25) is 0 Å². The maximum atomic E-state index is 12.4. The minimum Gasteiger partial charge on any atom is -0.374 e. The van der Waals surface area contributed by atoms with Crippen LogP contribution < -0.4 is 5.73 Å². The van der Waals surface area contributed by atoms with Crippen molar-refractivity contribution in [1.29, 1.82) is 0 Å². The van der Waals surface area contributed by atoms with Crippen molar-refractivity contribution in [3.05, 3.63) is 18.5 Å². The van der Waals surface area contributed by atoms with E-state index in [0.29, 0.717) is 37.1 Å². The molecule has 2 aromatic rings. The van der Waals surface area contributed by atoms with Gasteiger partial charge in [0, 0.05) is 32.1 Å². The Labute approximate surface area is 142 Å². The summed E-state index contributed by atoms with van der Waals surface area (Å²) in [6.07, 6.45) is 4.45. The molecule has 1 amide bonds. The number of thioether (sulfide) groups is 1. The maximum Gasteiger partial charge on any atom is 0.233 e. The molecular formula is C13H18N6O2S2. The second kappa shape index (κ2) is 7.75. The van der Waals surface area contributed by atoms with Crippen molar-refractivity contribution in [2.24, 2.45) is 0 Å². The lowest BCUT2D eigenvalue weighted by Crippen LogP contribution is -2.39. The molecule has 0 saturated carbocycles. The topological polar surface area (TPSA) is 99.2 Å². The Balaban J connectivity index is 1.53. The van der Waals surface area contributed by atoms with Gasteiger partial charge in [-0.3, -0.25) is 9.48 Å². The van der Waals surface area contributed by atoms with Gasteiger partial charge >= 0.3 is 0 Å². The van der Waals surface area contributed by atoms with Crippen LogP contribution in [0.15, 0.2) is 22.8 Å². The van der Waals surface area contributed by atoms with Crippen LogP contribution in [-0.2, 0) is 16.1 Å². The molecule has 1 saturated heterocycles. The highest BCUT2D eigenvalue weighted by Crippen LogP contribution is 2.24. The first-order chi connectivity index (χ1) is 11.2. The number of carbonyl (C=O) groups excluding carboxylic acids is 1. The van der Waals surface area contributed by atoms with Gasteiger partial charge in [0.25, 0.3) is 0 Å². The van der Waals surface area contributed by atoms with E-state index in [2.05, 4.69) is 15.3 Å². The summed E-state index contributed by atoms with van der Waals surface area (Å²) in [6.45, 7) is 2.61. The first-order valence-corrected chi connectivity index (χ1v) is 9.09. The van der Waals surface area contributed by atoms with Gasteiger partial charge in [-0.05, 0) is 12.5 Å². The Morgan fingerprint density at radius 1 is 1.52 bits per heavy atom. The first-order valence-electron chi connectivity index (χ1n) is 7.29. The van der Waals surface area contributed by atoms with Gasteiger partial charge in [0.15, 0.2) is 4.34 Å². The average molecular weight is 354 g/mol. The molecule has 1 aliphatic heterocycles.